The molecule has 0 saturated carbocycles. The smallest absolute Gasteiger partial charge is 0.282 e. The molecule has 0 atom stereocenters. The molecule has 2 aromatic carbocycles. The zero-order valence-corrected chi connectivity index (χ0v) is 18.8. The van der Waals surface area contributed by atoms with Crippen LogP contribution in [0.15, 0.2) is 48.2 Å². The Balaban J connectivity index is 1.74. The van der Waals surface area contributed by atoms with Gasteiger partial charge in [0.15, 0.2) is 0 Å². The predicted octanol–water partition coefficient (Wildman–Crippen LogP) is 3.68. The van der Waals surface area contributed by atoms with Crippen molar-refractivity contribution in [2.45, 2.75) is 20.3 Å². The van der Waals surface area contributed by atoms with E-state index < -0.39 is 23.4 Å². The Bertz CT molecular complexity index is 1080. The van der Waals surface area contributed by atoms with Crippen molar-refractivity contribution in [1.29, 1.82) is 0 Å². The molecule has 0 bridgehead atoms. The second kappa shape index (κ2) is 9.70. The number of ether oxygens (including phenoxy) is 1. The lowest BCUT2D eigenvalue weighted by Gasteiger charge is -2.36. The van der Waals surface area contributed by atoms with Crippen LogP contribution in [-0.2, 0) is 9.59 Å². The summed E-state index contributed by atoms with van der Waals surface area (Å²) in [6.07, 6.45) is 0.867. The van der Waals surface area contributed by atoms with Gasteiger partial charge in [0.25, 0.3) is 11.8 Å². The highest BCUT2D eigenvalue weighted by molar-refractivity contribution is 6.45. The van der Waals surface area contributed by atoms with Gasteiger partial charge < -0.3 is 14.5 Å². The van der Waals surface area contributed by atoms with Crippen LogP contribution < -0.4 is 9.64 Å². The first-order chi connectivity index (χ1) is 15.9. The lowest BCUT2D eigenvalue weighted by Crippen LogP contribution is -2.47. The van der Waals surface area contributed by atoms with Crippen molar-refractivity contribution in [2.24, 2.45) is 0 Å². The SMILES string of the molecule is CCCOc1ccc(C2=C(N3CCN(CC)CC3)C(=O)N(c3ccc(F)cc3F)C2=O)cc1. The molecule has 0 aliphatic carbocycles. The molecule has 0 radical (unpaired) electrons. The second-order valence-corrected chi connectivity index (χ2v) is 8.06. The molecular weight excluding hydrogens is 428 g/mol. The number of carbonyl (C=O) groups excluding carboxylic acids is 2. The van der Waals surface area contributed by atoms with Crippen molar-refractivity contribution in [3.8, 4) is 5.75 Å². The molecule has 4 rings (SSSR count). The zero-order chi connectivity index (χ0) is 23.5. The van der Waals surface area contributed by atoms with E-state index in [1.54, 1.807) is 24.3 Å². The maximum Gasteiger partial charge on any atom is 0.282 e. The van der Waals surface area contributed by atoms with E-state index in [0.29, 0.717) is 37.1 Å². The number of likely N-dealkylation sites (N-methyl/N-ethyl adjacent to an activating group) is 1. The summed E-state index contributed by atoms with van der Waals surface area (Å²) in [5.41, 5.74) is 0.765. The average Bonchev–Trinajstić information content (AvgIpc) is 3.08. The fourth-order valence-corrected chi connectivity index (χ4v) is 4.18. The minimum atomic E-state index is -0.962. The largest absolute Gasteiger partial charge is 0.494 e. The van der Waals surface area contributed by atoms with Crippen molar-refractivity contribution in [3.05, 3.63) is 65.4 Å². The lowest BCUT2D eigenvalue weighted by molar-refractivity contribution is -0.120. The Kier molecular flexibility index (Phi) is 6.74. The highest BCUT2D eigenvalue weighted by Gasteiger charge is 2.43. The molecule has 0 spiro atoms. The Hall–Kier alpha value is -3.26. The standard InChI is InChI=1S/C25H27F2N3O3/c1-3-15-33-19-8-5-17(6-9-19)22-23(29-13-11-28(4-2)12-14-29)25(32)30(24(22)31)21-10-7-18(26)16-20(21)27/h5-10,16H,3-4,11-15H2,1-2H3. The number of hydrogen-bond acceptors (Lipinski definition) is 5. The predicted molar refractivity (Wildman–Crippen MR) is 122 cm³/mol. The Labute approximate surface area is 192 Å². The number of nitrogens with zero attached hydrogens (tertiary/aromatic N) is 3. The summed E-state index contributed by atoms with van der Waals surface area (Å²) in [7, 11) is 0. The van der Waals surface area contributed by atoms with E-state index in [-0.39, 0.29) is 17.0 Å². The van der Waals surface area contributed by atoms with E-state index in [4.69, 9.17) is 4.74 Å². The molecule has 33 heavy (non-hydrogen) atoms. The van der Waals surface area contributed by atoms with Crippen LogP contribution in [-0.4, -0.2) is 60.9 Å². The maximum absolute atomic E-state index is 14.6. The summed E-state index contributed by atoms with van der Waals surface area (Å²) >= 11 is 0. The van der Waals surface area contributed by atoms with Gasteiger partial charge in [-0.2, -0.15) is 0 Å². The van der Waals surface area contributed by atoms with E-state index in [0.717, 1.165) is 43.1 Å². The number of rotatable bonds is 7. The van der Waals surface area contributed by atoms with Gasteiger partial charge in [0.05, 0.1) is 17.9 Å². The number of hydrogen-bond donors (Lipinski definition) is 0. The van der Waals surface area contributed by atoms with E-state index in [9.17, 15) is 18.4 Å². The van der Waals surface area contributed by atoms with Gasteiger partial charge in [0.2, 0.25) is 0 Å². The number of benzene rings is 2. The van der Waals surface area contributed by atoms with Crippen LogP contribution in [0.3, 0.4) is 0 Å². The Morgan fingerprint density at radius 1 is 0.909 bits per heavy atom. The number of halogens is 2. The molecule has 2 heterocycles. The van der Waals surface area contributed by atoms with E-state index in [1.807, 2.05) is 11.8 Å². The molecule has 6 nitrogen and oxygen atoms in total. The van der Waals surface area contributed by atoms with Crippen molar-refractivity contribution in [2.75, 3.05) is 44.2 Å². The summed E-state index contributed by atoms with van der Waals surface area (Å²) in [4.78, 5) is 32.0. The van der Waals surface area contributed by atoms with Gasteiger partial charge in [-0.1, -0.05) is 26.0 Å². The molecule has 0 N–H and O–H groups in total. The summed E-state index contributed by atoms with van der Waals surface area (Å²) in [6.45, 7) is 8.21. The van der Waals surface area contributed by atoms with Crippen LogP contribution in [0.2, 0.25) is 0 Å². The Morgan fingerprint density at radius 2 is 1.61 bits per heavy atom. The molecule has 0 unspecified atom stereocenters. The van der Waals surface area contributed by atoms with Crippen LogP contribution in [0.5, 0.6) is 5.75 Å². The van der Waals surface area contributed by atoms with Crippen LogP contribution in [0.4, 0.5) is 14.5 Å². The fraction of sp³-hybridized carbons (Fsp3) is 0.360. The van der Waals surface area contributed by atoms with Crippen molar-refractivity contribution < 1.29 is 23.1 Å². The van der Waals surface area contributed by atoms with E-state index in [2.05, 4.69) is 11.8 Å². The van der Waals surface area contributed by atoms with Crippen LogP contribution in [0.25, 0.3) is 5.57 Å². The van der Waals surface area contributed by atoms with Crippen molar-refractivity contribution in [1.82, 2.24) is 9.80 Å². The van der Waals surface area contributed by atoms with Gasteiger partial charge in [0.1, 0.15) is 23.1 Å². The van der Waals surface area contributed by atoms with Crippen molar-refractivity contribution >= 4 is 23.1 Å². The number of imide groups is 1. The van der Waals surface area contributed by atoms with Crippen LogP contribution in [0.1, 0.15) is 25.8 Å². The summed E-state index contributed by atoms with van der Waals surface area (Å²) in [5.74, 6) is -2.30. The fourth-order valence-electron chi connectivity index (χ4n) is 4.18. The second-order valence-electron chi connectivity index (χ2n) is 8.06. The molecule has 8 heteroatoms. The summed E-state index contributed by atoms with van der Waals surface area (Å²) < 4.78 is 33.7. The van der Waals surface area contributed by atoms with E-state index >= 15 is 0 Å². The number of anilines is 1. The van der Waals surface area contributed by atoms with Gasteiger partial charge >= 0.3 is 0 Å². The monoisotopic (exact) mass is 455 g/mol. The molecule has 2 aliphatic rings. The third-order valence-corrected chi connectivity index (χ3v) is 5.96. The van der Waals surface area contributed by atoms with Crippen LogP contribution in [0, 0.1) is 11.6 Å². The maximum atomic E-state index is 14.6. The normalized spacial score (nSPS) is 17.3. The molecule has 2 amide bonds. The highest BCUT2D eigenvalue weighted by atomic mass is 19.1. The topological polar surface area (TPSA) is 53.1 Å². The van der Waals surface area contributed by atoms with E-state index in [1.165, 1.54) is 0 Å². The first-order valence-corrected chi connectivity index (χ1v) is 11.2. The van der Waals surface area contributed by atoms with Crippen LogP contribution >= 0.6 is 0 Å². The molecule has 2 aliphatic heterocycles. The van der Waals surface area contributed by atoms with Gasteiger partial charge in [-0.05, 0) is 42.8 Å². The number of piperazine rings is 1. The Morgan fingerprint density at radius 3 is 2.21 bits per heavy atom. The molecule has 2 aromatic rings. The summed E-state index contributed by atoms with van der Waals surface area (Å²) in [5, 5.41) is 0. The molecule has 0 aromatic heterocycles. The minimum absolute atomic E-state index is 0.218. The molecular formula is C25H27F2N3O3. The number of amides is 2. The summed E-state index contributed by atoms with van der Waals surface area (Å²) in [6, 6.07) is 9.81. The molecule has 1 saturated heterocycles. The molecule has 174 valence electrons. The van der Waals surface area contributed by atoms with Gasteiger partial charge in [-0.25, -0.2) is 13.7 Å². The van der Waals surface area contributed by atoms with Gasteiger partial charge in [-0.3, -0.25) is 9.59 Å². The average molecular weight is 456 g/mol. The van der Waals surface area contributed by atoms with Gasteiger partial charge in [0, 0.05) is 32.2 Å². The third kappa shape index (κ3) is 4.48. The molecule has 1 fully saturated rings. The number of carbonyl (C=O) groups is 2. The first-order valence-electron chi connectivity index (χ1n) is 11.2. The third-order valence-electron chi connectivity index (χ3n) is 5.96. The quantitative estimate of drug-likeness (QED) is 0.597. The van der Waals surface area contributed by atoms with Gasteiger partial charge in [-0.15, -0.1) is 0 Å². The highest BCUT2D eigenvalue weighted by Crippen LogP contribution is 2.36. The van der Waals surface area contributed by atoms with Crippen molar-refractivity contribution in [3.63, 3.8) is 0 Å². The lowest BCUT2D eigenvalue weighted by atomic mass is 10.0. The minimum Gasteiger partial charge on any atom is -0.494 e. The zero-order valence-electron chi connectivity index (χ0n) is 18.8. The first kappa shape index (κ1) is 22.9.